The van der Waals surface area contributed by atoms with Crippen molar-refractivity contribution < 1.29 is 33.4 Å². The van der Waals surface area contributed by atoms with Crippen molar-refractivity contribution in [2.24, 2.45) is 23.2 Å². The zero-order chi connectivity index (χ0) is 41.6. The number of hydrogen-bond acceptors (Lipinski definition) is 7. The number of amides is 3. The molecule has 12 heteroatoms. The third-order valence-corrected chi connectivity index (χ3v) is 12.2. The summed E-state index contributed by atoms with van der Waals surface area (Å²) in [4.78, 5) is 72.0. The predicted molar refractivity (Wildman–Crippen MR) is 231 cm³/mol. The molecule has 0 radical (unpaired) electrons. The van der Waals surface area contributed by atoms with E-state index in [0.29, 0.717) is 12.1 Å². The number of hydrogen-bond donors (Lipinski definition) is 4. The molecular weight excluding hydrogens is 847 g/mol. The number of halogens is 1. The Morgan fingerprint density at radius 3 is 1.83 bits per heavy atom. The summed E-state index contributed by atoms with van der Waals surface area (Å²) >= 11 is 2.18. The minimum absolute atomic E-state index is 0.0573. The van der Waals surface area contributed by atoms with E-state index in [0.717, 1.165) is 51.5 Å². The molecule has 8 rings (SSSR count). The van der Waals surface area contributed by atoms with E-state index in [2.05, 4.69) is 43.5 Å². The van der Waals surface area contributed by atoms with Crippen LogP contribution in [0.3, 0.4) is 0 Å². The molecule has 4 aliphatic carbocycles. The number of anilines is 1. The van der Waals surface area contributed by atoms with Crippen molar-refractivity contribution in [3.8, 4) is 0 Å². The maximum Gasteiger partial charge on any atom is 0.338 e. The first-order valence-electron chi connectivity index (χ1n) is 20.2. The second-order valence-corrected chi connectivity index (χ2v) is 19.9. The van der Waals surface area contributed by atoms with Crippen molar-refractivity contribution in [1.29, 1.82) is 0 Å². The van der Waals surface area contributed by atoms with E-state index in [-0.39, 0.29) is 45.8 Å². The largest absolute Gasteiger partial charge is 0.456 e. The summed E-state index contributed by atoms with van der Waals surface area (Å²) in [5.74, 6) is -1.29. The number of aromatic amines is 1. The maximum absolute atomic E-state index is 14.3. The lowest BCUT2D eigenvalue weighted by Gasteiger charge is -2.56. The van der Waals surface area contributed by atoms with Gasteiger partial charge in [0.25, 0.3) is 11.8 Å². The Labute approximate surface area is 353 Å². The molecule has 0 aliphatic heterocycles. The molecule has 4 fully saturated rings. The van der Waals surface area contributed by atoms with E-state index < -0.39 is 40.9 Å². The predicted octanol–water partition coefficient (Wildman–Crippen LogP) is 8.78. The molecule has 4 saturated carbocycles. The van der Waals surface area contributed by atoms with Gasteiger partial charge in [-0.25, -0.2) is 9.59 Å². The van der Waals surface area contributed by atoms with Crippen LogP contribution in [0.1, 0.15) is 133 Å². The van der Waals surface area contributed by atoms with Crippen molar-refractivity contribution in [2.75, 3.05) is 18.4 Å². The first-order valence-corrected chi connectivity index (χ1v) is 21.3. The lowest BCUT2D eigenvalue weighted by Crippen LogP contribution is -2.51. The van der Waals surface area contributed by atoms with Crippen LogP contribution < -0.4 is 16.0 Å². The summed E-state index contributed by atoms with van der Waals surface area (Å²) in [6.07, 6.45) is 9.16. The van der Waals surface area contributed by atoms with Gasteiger partial charge in [-0.15, -0.1) is 0 Å². The van der Waals surface area contributed by atoms with Gasteiger partial charge in [0.1, 0.15) is 11.2 Å². The number of esters is 2. The molecule has 1 heterocycles. The number of aromatic nitrogens is 1. The smallest absolute Gasteiger partial charge is 0.338 e. The van der Waals surface area contributed by atoms with Crippen LogP contribution in [-0.4, -0.2) is 58.9 Å². The van der Waals surface area contributed by atoms with Crippen molar-refractivity contribution in [2.45, 2.75) is 97.2 Å². The van der Waals surface area contributed by atoms with Crippen molar-refractivity contribution in [1.82, 2.24) is 15.6 Å². The number of rotatable bonds is 11. The van der Waals surface area contributed by atoms with Crippen LogP contribution in [-0.2, 0) is 14.3 Å². The number of benzene rings is 3. The maximum atomic E-state index is 14.3. The minimum atomic E-state index is -0.902. The highest BCUT2D eigenvalue weighted by Crippen LogP contribution is 2.59. The Bertz CT molecular complexity index is 2170. The molecule has 3 amide bonds. The molecule has 306 valence electrons. The first-order chi connectivity index (χ1) is 27.3. The highest BCUT2D eigenvalue weighted by Gasteiger charge is 2.50. The molecule has 0 saturated heterocycles. The van der Waals surface area contributed by atoms with Gasteiger partial charge < -0.3 is 30.4 Å². The van der Waals surface area contributed by atoms with Gasteiger partial charge in [-0.1, -0.05) is 12.1 Å². The third kappa shape index (κ3) is 9.76. The van der Waals surface area contributed by atoms with E-state index in [4.69, 9.17) is 9.47 Å². The van der Waals surface area contributed by atoms with Crippen LogP contribution in [0.25, 0.3) is 10.9 Å². The number of carbonyl (C=O) groups excluding carboxylic acids is 5. The van der Waals surface area contributed by atoms with E-state index in [9.17, 15) is 24.0 Å². The van der Waals surface area contributed by atoms with E-state index in [1.54, 1.807) is 59.9 Å². The molecular formula is C46H53IN4O7. The molecule has 4 aliphatic rings. The van der Waals surface area contributed by atoms with Crippen molar-refractivity contribution >= 4 is 68.8 Å². The molecule has 4 N–H and O–H groups in total. The highest BCUT2D eigenvalue weighted by atomic mass is 127. The number of carbonyl (C=O) groups is 5. The van der Waals surface area contributed by atoms with Crippen LogP contribution >= 0.6 is 22.6 Å². The Morgan fingerprint density at radius 2 is 1.28 bits per heavy atom. The number of ether oxygens (including phenoxy) is 2. The van der Waals surface area contributed by atoms with Gasteiger partial charge in [0.05, 0.1) is 28.2 Å². The quantitative estimate of drug-likeness (QED) is 0.0867. The van der Waals surface area contributed by atoms with Crippen molar-refractivity contribution in [3.63, 3.8) is 0 Å². The summed E-state index contributed by atoms with van der Waals surface area (Å²) < 4.78 is 12.1. The van der Waals surface area contributed by atoms with E-state index >= 15 is 0 Å². The Morgan fingerprint density at radius 1 is 0.741 bits per heavy atom. The van der Waals surface area contributed by atoms with Crippen LogP contribution in [0.15, 0.2) is 66.9 Å². The fourth-order valence-electron chi connectivity index (χ4n) is 9.53. The fourth-order valence-corrected chi connectivity index (χ4v) is 9.89. The average Bonchev–Trinajstić information content (AvgIpc) is 3.60. The fraction of sp³-hybridized carbons (Fsp3) is 0.457. The second kappa shape index (κ2) is 16.1. The van der Waals surface area contributed by atoms with Gasteiger partial charge in [-0.3, -0.25) is 14.4 Å². The lowest BCUT2D eigenvalue weighted by molar-refractivity contribution is -0.117. The normalized spacial score (nSPS) is 21.6. The Balaban J connectivity index is 1.13. The molecule has 4 bridgehead atoms. The Kier molecular flexibility index (Phi) is 11.5. The summed E-state index contributed by atoms with van der Waals surface area (Å²) in [6.45, 7) is 10.9. The third-order valence-electron chi connectivity index (χ3n) is 11.5. The average molecular weight is 901 g/mol. The van der Waals surface area contributed by atoms with Gasteiger partial charge in [0.2, 0.25) is 5.91 Å². The minimum Gasteiger partial charge on any atom is -0.456 e. The zero-order valence-electron chi connectivity index (χ0n) is 34.1. The van der Waals surface area contributed by atoms with Gasteiger partial charge >= 0.3 is 11.9 Å². The summed E-state index contributed by atoms with van der Waals surface area (Å²) in [6, 6.07) is 16.9. The summed E-state index contributed by atoms with van der Waals surface area (Å²) in [5, 5.41) is 9.85. The number of fused-ring (bicyclic) bond motifs is 1. The van der Waals surface area contributed by atoms with Gasteiger partial charge in [-0.2, -0.15) is 0 Å². The van der Waals surface area contributed by atoms with E-state index in [1.807, 2.05) is 30.3 Å². The van der Waals surface area contributed by atoms with Crippen LogP contribution in [0, 0.1) is 26.7 Å². The molecule has 1 unspecified atom stereocenters. The monoisotopic (exact) mass is 900 g/mol. The number of H-pyrrole nitrogens is 1. The zero-order valence-corrected chi connectivity index (χ0v) is 36.2. The van der Waals surface area contributed by atoms with Crippen LogP contribution in [0.2, 0.25) is 0 Å². The number of nitrogens with one attached hydrogen (secondary N) is 4. The first kappa shape index (κ1) is 41.4. The van der Waals surface area contributed by atoms with Gasteiger partial charge in [-0.05, 0) is 180 Å². The SMILES string of the molecule is CC(C)(C)OC(=O)c1cc(NC(=O)C(CNC(=O)c2cc3cc[nH]c3cc2C(=O)NCC23CC4CC(CC(C4)C2)C3)c2ccc(I)cc2)cc(C(=O)OC(C)(C)C)c1. The summed E-state index contributed by atoms with van der Waals surface area (Å²) in [5.41, 5.74) is 0.641. The van der Waals surface area contributed by atoms with Gasteiger partial charge in [0.15, 0.2) is 0 Å². The highest BCUT2D eigenvalue weighted by molar-refractivity contribution is 14.1. The molecule has 1 atom stereocenters. The summed E-state index contributed by atoms with van der Waals surface area (Å²) in [7, 11) is 0. The standard InChI is InChI=1S/C46H53IN4O7/c1-44(2,3)57-42(55)31-16-32(43(56)58-45(4,5)6)18-34(17-31)51-41(54)37(29-7-9-33(47)10-8-29)24-49-39(52)35-19-30-11-12-48-38(30)20-36(35)40(53)50-25-46-21-26-13-27(22-46)15-28(14-26)23-46/h7-12,16-20,26-28,37,48H,13-15,21-25H2,1-6H3,(H,49,52)(H,50,53)(H,51,54). The molecule has 4 aromatic rings. The molecule has 58 heavy (non-hydrogen) atoms. The van der Waals surface area contributed by atoms with Crippen molar-refractivity contribution in [3.05, 3.63) is 98.2 Å². The lowest BCUT2D eigenvalue weighted by atomic mass is 9.49. The molecule has 1 aromatic heterocycles. The topological polar surface area (TPSA) is 156 Å². The molecule has 0 spiro atoms. The Hall–Kier alpha value is -4.72. The van der Waals surface area contributed by atoms with Gasteiger partial charge in [0, 0.05) is 39.4 Å². The molecule has 11 nitrogen and oxygen atoms in total. The van der Waals surface area contributed by atoms with E-state index in [1.165, 1.54) is 37.5 Å². The second-order valence-electron chi connectivity index (χ2n) is 18.7. The van der Waals surface area contributed by atoms with Crippen LogP contribution in [0.4, 0.5) is 5.69 Å². The van der Waals surface area contributed by atoms with Crippen LogP contribution in [0.5, 0.6) is 0 Å². The molecule has 3 aromatic carbocycles.